The highest BCUT2D eigenvalue weighted by Gasteiger charge is 2.38. The maximum absolute atomic E-state index is 13.0. The lowest BCUT2D eigenvalue weighted by molar-refractivity contribution is 0.0238. The highest BCUT2D eigenvalue weighted by atomic mass is 16.5. The van der Waals surface area contributed by atoms with Gasteiger partial charge in [-0.2, -0.15) is 0 Å². The maximum Gasteiger partial charge on any atom is 0.170 e. The molecule has 0 fully saturated rings. The van der Waals surface area contributed by atoms with Crippen LogP contribution in [0.1, 0.15) is 98.1 Å². The number of aromatic hydroxyl groups is 1. The van der Waals surface area contributed by atoms with Gasteiger partial charge in [-0.05, 0) is 63.8 Å². The second-order valence-corrected chi connectivity index (χ2v) is 10.5. The first kappa shape index (κ1) is 33.1. The topological polar surface area (TPSA) is 154 Å². The van der Waals surface area contributed by atoms with Crippen molar-refractivity contribution in [3.63, 3.8) is 0 Å². The Balaban J connectivity index is 0.00000560. The monoisotopic (exact) mass is 560 g/mol. The van der Waals surface area contributed by atoms with Crippen molar-refractivity contribution < 1.29 is 44.6 Å². The molecule has 0 aromatic heterocycles. The number of carbonyl (C=O) groups excluding carboxylic acids is 2. The van der Waals surface area contributed by atoms with Gasteiger partial charge in [0.25, 0.3) is 0 Å². The molecule has 2 atom stereocenters. The lowest BCUT2D eigenvalue weighted by atomic mass is 9.85. The molecule has 9 nitrogen and oxygen atoms in total. The summed E-state index contributed by atoms with van der Waals surface area (Å²) in [6.45, 7) is 7.77. The summed E-state index contributed by atoms with van der Waals surface area (Å²) in [5.41, 5.74) is 1.57. The first-order valence-corrected chi connectivity index (χ1v) is 13.9. The van der Waals surface area contributed by atoms with Crippen LogP contribution in [-0.2, 0) is 12.8 Å². The van der Waals surface area contributed by atoms with Gasteiger partial charge in [-0.3, -0.25) is 9.59 Å². The van der Waals surface area contributed by atoms with Crippen LogP contribution in [-0.4, -0.2) is 63.9 Å². The van der Waals surface area contributed by atoms with Gasteiger partial charge in [-0.15, -0.1) is 0 Å². The number of phenolic OH excluding ortho intramolecular Hbond substituents is 1. The second kappa shape index (κ2) is 15.0. The number of rotatable bonds is 15. The Bertz CT molecular complexity index is 1160. The molecule has 5 N–H and O–H groups in total. The number of aliphatic hydroxyl groups is 2. The van der Waals surface area contributed by atoms with Gasteiger partial charge >= 0.3 is 0 Å². The molecule has 2 aromatic carbocycles. The predicted octanol–water partition coefficient (Wildman–Crippen LogP) is 4.38. The van der Waals surface area contributed by atoms with E-state index in [9.17, 15) is 19.8 Å². The molecular formula is C31H44O9. The molecule has 1 aliphatic rings. The van der Waals surface area contributed by atoms with Crippen molar-refractivity contribution in [3.05, 3.63) is 46.5 Å². The standard InChI is InChI=1S/C31H42O8.H2O/c1-5-8-24-27(12-10-22(20(3)33)29(24)36)37-16-7-17-38-28-13-11-23-26(35)18-31(4,15-14-21(34)19-32)39-30(23)25(28)9-6-2;/h10-13,21,32,34,36H,5-9,14-19H2,1-4H3;1H2. The van der Waals surface area contributed by atoms with Crippen LogP contribution in [0.25, 0.3) is 0 Å². The smallest absolute Gasteiger partial charge is 0.170 e. The van der Waals surface area contributed by atoms with E-state index < -0.39 is 11.7 Å². The molecule has 0 amide bonds. The molecule has 0 bridgehead atoms. The molecule has 2 aromatic rings. The van der Waals surface area contributed by atoms with E-state index >= 15 is 0 Å². The number of aliphatic hydroxyl groups excluding tert-OH is 2. The molecule has 0 spiro atoms. The van der Waals surface area contributed by atoms with Gasteiger partial charge in [0.2, 0.25) is 0 Å². The second-order valence-electron chi connectivity index (χ2n) is 10.5. The van der Waals surface area contributed by atoms with Gasteiger partial charge in [-0.1, -0.05) is 26.7 Å². The zero-order valence-corrected chi connectivity index (χ0v) is 24.0. The molecule has 40 heavy (non-hydrogen) atoms. The summed E-state index contributed by atoms with van der Waals surface area (Å²) in [7, 11) is 0. The molecule has 2 unspecified atom stereocenters. The molecule has 3 rings (SSSR count). The lowest BCUT2D eigenvalue weighted by Crippen LogP contribution is -2.40. The van der Waals surface area contributed by atoms with Crippen molar-refractivity contribution in [1.82, 2.24) is 0 Å². The van der Waals surface area contributed by atoms with Gasteiger partial charge in [-0.25, -0.2) is 0 Å². The third-order valence-corrected chi connectivity index (χ3v) is 7.04. The number of phenols is 1. The van der Waals surface area contributed by atoms with E-state index in [0.717, 1.165) is 18.4 Å². The van der Waals surface area contributed by atoms with Crippen LogP contribution in [0.15, 0.2) is 24.3 Å². The fraction of sp³-hybridized carbons (Fsp3) is 0.548. The van der Waals surface area contributed by atoms with E-state index in [-0.39, 0.29) is 35.8 Å². The van der Waals surface area contributed by atoms with E-state index in [1.165, 1.54) is 6.92 Å². The molecule has 0 radical (unpaired) electrons. The van der Waals surface area contributed by atoms with Crippen LogP contribution in [0.3, 0.4) is 0 Å². The Morgan fingerprint density at radius 3 is 2.25 bits per heavy atom. The number of benzene rings is 2. The molecule has 1 aliphatic heterocycles. The number of ether oxygens (including phenoxy) is 3. The fourth-order valence-corrected chi connectivity index (χ4v) is 4.94. The average molecular weight is 561 g/mol. The Hall–Kier alpha value is -3.14. The quantitative estimate of drug-likeness (QED) is 0.214. The van der Waals surface area contributed by atoms with Crippen LogP contribution >= 0.6 is 0 Å². The average Bonchev–Trinajstić information content (AvgIpc) is 2.89. The van der Waals surface area contributed by atoms with Crippen LogP contribution in [0.5, 0.6) is 23.0 Å². The van der Waals surface area contributed by atoms with Crippen LogP contribution < -0.4 is 14.2 Å². The summed E-state index contributed by atoms with van der Waals surface area (Å²) in [6, 6.07) is 6.89. The maximum atomic E-state index is 13.0. The summed E-state index contributed by atoms with van der Waals surface area (Å²) < 4.78 is 18.5. The van der Waals surface area contributed by atoms with E-state index in [2.05, 4.69) is 6.92 Å². The molecule has 0 saturated carbocycles. The van der Waals surface area contributed by atoms with Crippen molar-refractivity contribution in [2.75, 3.05) is 19.8 Å². The zero-order chi connectivity index (χ0) is 28.6. The predicted molar refractivity (Wildman–Crippen MR) is 152 cm³/mol. The SMILES string of the molecule is CCCc1c(OCCCOc2ccc3c(c2CCC)OC(C)(CCC(O)CO)CC3=O)ccc(C(C)=O)c1O.O. The third kappa shape index (κ3) is 7.96. The Kier molecular flexibility index (Phi) is 12.4. The van der Waals surface area contributed by atoms with E-state index in [1.807, 2.05) is 19.9 Å². The summed E-state index contributed by atoms with van der Waals surface area (Å²) in [4.78, 5) is 24.8. The van der Waals surface area contributed by atoms with Gasteiger partial charge in [0.1, 0.15) is 28.6 Å². The number of ketones is 2. The molecule has 222 valence electrons. The zero-order valence-electron chi connectivity index (χ0n) is 24.0. The molecule has 0 aliphatic carbocycles. The summed E-state index contributed by atoms with van der Waals surface area (Å²) in [6.07, 6.45) is 3.66. The summed E-state index contributed by atoms with van der Waals surface area (Å²) in [5.74, 6) is 1.58. The number of hydrogen-bond acceptors (Lipinski definition) is 8. The van der Waals surface area contributed by atoms with Gasteiger partial charge in [0.15, 0.2) is 11.6 Å². The first-order chi connectivity index (χ1) is 18.6. The minimum Gasteiger partial charge on any atom is -0.507 e. The number of fused-ring (bicyclic) bond motifs is 1. The van der Waals surface area contributed by atoms with Crippen molar-refractivity contribution in [3.8, 4) is 23.0 Å². The normalized spacial score (nSPS) is 16.9. The lowest BCUT2D eigenvalue weighted by Gasteiger charge is -2.37. The Morgan fingerprint density at radius 1 is 1.05 bits per heavy atom. The summed E-state index contributed by atoms with van der Waals surface area (Å²) >= 11 is 0. The van der Waals surface area contributed by atoms with Crippen LogP contribution in [0.2, 0.25) is 0 Å². The third-order valence-electron chi connectivity index (χ3n) is 7.04. The van der Waals surface area contributed by atoms with E-state index in [4.69, 9.17) is 19.3 Å². The van der Waals surface area contributed by atoms with Gasteiger partial charge in [0.05, 0.1) is 43.5 Å². The van der Waals surface area contributed by atoms with Crippen molar-refractivity contribution in [1.29, 1.82) is 0 Å². The van der Waals surface area contributed by atoms with Crippen molar-refractivity contribution in [2.45, 2.75) is 90.8 Å². The van der Waals surface area contributed by atoms with E-state index in [0.29, 0.717) is 79.3 Å². The number of Topliss-reactive ketones (excluding diaryl/α,β-unsaturated/α-hetero) is 2. The number of carbonyl (C=O) groups is 2. The van der Waals surface area contributed by atoms with Gasteiger partial charge in [0, 0.05) is 17.5 Å². The van der Waals surface area contributed by atoms with E-state index in [1.54, 1.807) is 18.2 Å². The molecule has 9 heteroatoms. The highest BCUT2D eigenvalue weighted by molar-refractivity contribution is 6.01. The molecular weight excluding hydrogens is 516 g/mol. The van der Waals surface area contributed by atoms with Crippen molar-refractivity contribution in [2.24, 2.45) is 0 Å². The largest absolute Gasteiger partial charge is 0.507 e. The fourth-order valence-electron chi connectivity index (χ4n) is 4.94. The molecule has 0 saturated heterocycles. The van der Waals surface area contributed by atoms with Crippen LogP contribution in [0.4, 0.5) is 0 Å². The number of hydrogen-bond donors (Lipinski definition) is 3. The van der Waals surface area contributed by atoms with Crippen LogP contribution in [0, 0.1) is 0 Å². The molecule has 1 heterocycles. The summed E-state index contributed by atoms with van der Waals surface area (Å²) in [5, 5.41) is 29.5. The van der Waals surface area contributed by atoms with Crippen molar-refractivity contribution >= 4 is 11.6 Å². The minimum absolute atomic E-state index is 0. The Labute approximate surface area is 236 Å². The highest BCUT2D eigenvalue weighted by Crippen LogP contribution is 2.42. The first-order valence-electron chi connectivity index (χ1n) is 13.9. The minimum atomic E-state index is -0.844. The van der Waals surface area contributed by atoms with Gasteiger partial charge < -0.3 is 35.0 Å². The Morgan fingerprint density at radius 2 is 1.65 bits per heavy atom.